The highest BCUT2D eigenvalue weighted by Gasteiger charge is 2.53. The van der Waals surface area contributed by atoms with Crippen LogP contribution in [0.3, 0.4) is 0 Å². The number of nitrogens with one attached hydrogen (secondary N) is 1. The molecule has 0 bridgehead atoms. The number of rotatable bonds is 6. The zero-order valence-electron chi connectivity index (χ0n) is 17.0. The van der Waals surface area contributed by atoms with Gasteiger partial charge in [-0.2, -0.15) is 0 Å². The molecule has 1 aromatic rings. The zero-order valence-corrected chi connectivity index (χ0v) is 17.0. The van der Waals surface area contributed by atoms with Crippen LogP contribution in [0.15, 0.2) is 30.3 Å². The molecule has 1 aliphatic rings. The van der Waals surface area contributed by atoms with E-state index in [0.717, 1.165) is 12.8 Å². The Hall–Kier alpha value is -2.08. The third-order valence-corrected chi connectivity index (χ3v) is 4.37. The summed E-state index contributed by atoms with van der Waals surface area (Å²) in [6.07, 6.45) is 1.50. The second-order valence-electron chi connectivity index (χ2n) is 8.47. The summed E-state index contributed by atoms with van der Waals surface area (Å²) in [5.74, 6) is -1.92. The molecular formula is C21H31NO5. The van der Waals surface area contributed by atoms with Gasteiger partial charge in [-0.1, -0.05) is 31.5 Å². The van der Waals surface area contributed by atoms with Crippen LogP contribution in [-0.4, -0.2) is 35.6 Å². The molecule has 1 heterocycles. The van der Waals surface area contributed by atoms with E-state index in [0.29, 0.717) is 18.4 Å². The van der Waals surface area contributed by atoms with Gasteiger partial charge < -0.3 is 19.5 Å². The van der Waals surface area contributed by atoms with Crippen LogP contribution < -0.4 is 5.32 Å². The third-order valence-electron chi connectivity index (χ3n) is 4.37. The fourth-order valence-corrected chi connectivity index (χ4v) is 3.86. The summed E-state index contributed by atoms with van der Waals surface area (Å²) < 4.78 is 16.6. The van der Waals surface area contributed by atoms with Gasteiger partial charge in [-0.3, -0.25) is 0 Å². The maximum absolute atomic E-state index is 12.7. The minimum Gasteiger partial charge on any atom is -0.434 e. The van der Waals surface area contributed by atoms with Gasteiger partial charge in [0.15, 0.2) is 0 Å². The van der Waals surface area contributed by atoms with E-state index in [9.17, 15) is 9.59 Å². The minimum atomic E-state index is -1.39. The summed E-state index contributed by atoms with van der Waals surface area (Å²) >= 11 is 0. The van der Waals surface area contributed by atoms with E-state index in [2.05, 4.69) is 5.32 Å². The van der Waals surface area contributed by atoms with Gasteiger partial charge in [0.1, 0.15) is 0 Å². The molecule has 1 N–H and O–H groups in total. The van der Waals surface area contributed by atoms with Crippen molar-refractivity contribution in [3.05, 3.63) is 35.9 Å². The Morgan fingerprint density at radius 1 is 1.00 bits per heavy atom. The normalized spacial score (nSPS) is 19.7. The van der Waals surface area contributed by atoms with E-state index >= 15 is 0 Å². The largest absolute Gasteiger partial charge is 0.511 e. The fraction of sp³-hybridized carbons (Fsp3) is 0.619. The number of esters is 1. The quantitative estimate of drug-likeness (QED) is 0.449. The number of benzene rings is 1. The molecule has 27 heavy (non-hydrogen) atoms. The van der Waals surface area contributed by atoms with Gasteiger partial charge in [-0.05, 0) is 46.2 Å². The van der Waals surface area contributed by atoms with Crippen molar-refractivity contribution in [3.8, 4) is 0 Å². The van der Waals surface area contributed by atoms with E-state index in [1.54, 1.807) is 24.3 Å². The van der Waals surface area contributed by atoms with Gasteiger partial charge in [-0.15, -0.1) is 0 Å². The lowest BCUT2D eigenvalue weighted by Crippen LogP contribution is -2.65. The van der Waals surface area contributed by atoms with Crippen LogP contribution >= 0.6 is 0 Å². The van der Waals surface area contributed by atoms with Crippen molar-refractivity contribution in [3.63, 3.8) is 0 Å². The van der Waals surface area contributed by atoms with Gasteiger partial charge in [-0.25, -0.2) is 9.59 Å². The van der Waals surface area contributed by atoms with Gasteiger partial charge in [0, 0.05) is 23.9 Å². The molecular weight excluding hydrogens is 346 g/mol. The van der Waals surface area contributed by atoms with Gasteiger partial charge in [0.25, 0.3) is 5.79 Å². The number of piperidine rings is 1. The first-order valence-electron chi connectivity index (χ1n) is 9.50. The Morgan fingerprint density at radius 3 is 2.15 bits per heavy atom. The summed E-state index contributed by atoms with van der Waals surface area (Å²) in [5, 5.41) is 3.50. The zero-order chi connectivity index (χ0) is 20.1. The minimum absolute atomic E-state index is 0.281. The average molecular weight is 377 g/mol. The Balaban J connectivity index is 2.25. The number of unbranched alkanes of at least 4 members (excludes halogenated alkanes) is 1. The van der Waals surface area contributed by atoms with Crippen molar-refractivity contribution >= 4 is 12.1 Å². The van der Waals surface area contributed by atoms with Gasteiger partial charge in [0.05, 0.1) is 12.2 Å². The molecule has 1 aromatic carbocycles. The summed E-state index contributed by atoms with van der Waals surface area (Å²) in [4.78, 5) is 25.0. The molecule has 1 saturated heterocycles. The molecule has 0 amide bonds. The number of hydrogen-bond acceptors (Lipinski definition) is 6. The smallest absolute Gasteiger partial charge is 0.434 e. The van der Waals surface area contributed by atoms with Crippen LogP contribution in [0.2, 0.25) is 0 Å². The second kappa shape index (κ2) is 8.30. The summed E-state index contributed by atoms with van der Waals surface area (Å²) in [6, 6.07) is 8.70. The SMILES string of the molecule is CCCCOC(=O)OC1(OC(=O)c2ccccc2)CC(C)(C)NC(C)(C)C1. The lowest BCUT2D eigenvalue weighted by molar-refractivity contribution is -0.219. The Labute approximate surface area is 161 Å². The molecule has 0 aromatic heterocycles. The summed E-state index contributed by atoms with van der Waals surface area (Å²) in [5.41, 5.74) is -0.390. The van der Waals surface area contributed by atoms with Crippen molar-refractivity contribution < 1.29 is 23.8 Å². The van der Waals surface area contributed by atoms with Gasteiger partial charge in [0.2, 0.25) is 0 Å². The highest BCUT2D eigenvalue weighted by Crippen LogP contribution is 2.40. The highest BCUT2D eigenvalue weighted by atomic mass is 16.8. The van der Waals surface area contributed by atoms with E-state index in [1.807, 2.05) is 40.7 Å². The Morgan fingerprint density at radius 2 is 1.59 bits per heavy atom. The maximum Gasteiger partial charge on any atom is 0.511 e. The van der Waals surface area contributed by atoms with E-state index in [1.165, 1.54) is 0 Å². The van der Waals surface area contributed by atoms with Gasteiger partial charge >= 0.3 is 12.1 Å². The number of carbonyl (C=O) groups excluding carboxylic acids is 2. The molecule has 0 unspecified atom stereocenters. The molecule has 6 heteroatoms. The standard InChI is InChI=1S/C21H31NO5/c1-6-7-13-25-18(24)27-21(14-19(2,3)22-20(4,5)15-21)26-17(23)16-11-9-8-10-12-16/h8-12,22H,6-7,13-15H2,1-5H3. The Bertz CT molecular complexity index is 638. The Kier molecular flexibility index (Phi) is 6.52. The monoisotopic (exact) mass is 377 g/mol. The predicted octanol–water partition coefficient (Wildman–Crippen LogP) is 4.43. The molecule has 1 aliphatic heterocycles. The molecule has 0 atom stereocenters. The number of hydrogen-bond donors (Lipinski definition) is 1. The predicted molar refractivity (Wildman–Crippen MR) is 102 cm³/mol. The van der Waals surface area contributed by atoms with E-state index < -0.39 is 29.0 Å². The van der Waals surface area contributed by atoms with Crippen molar-refractivity contribution in [2.45, 2.75) is 77.2 Å². The van der Waals surface area contributed by atoms with Crippen LogP contribution in [0.5, 0.6) is 0 Å². The lowest BCUT2D eigenvalue weighted by Gasteiger charge is -2.50. The molecule has 0 spiro atoms. The molecule has 1 fully saturated rings. The van der Waals surface area contributed by atoms with Crippen LogP contribution in [-0.2, 0) is 14.2 Å². The van der Waals surface area contributed by atoms with Crippen molar-refractivity contribution in [2.75, 3.05) is 6.61 Å². The van der Waals surface area contributed by atoms with Crippen LogP contribution in [0.4, 0.5) is 4.79 Å². The van der Waals surface area contributed by atoms with Crippen LogP contribution in [0.25, 0.3) is 0 Å². The molecule has 0 aliphatic carbocycles. The van der Waals surface area contributed by atoms with E-state index in [-0.39, 0.29) is 6.61 Å². The third kappa shape index (κ3) is 6.24. The first kappa shape index (κ1) is 21.2. The topological polar surface area (TPSA) is 73.9 Å². The first-order chi connectivity index (χ1) is 12.6. The molecule has 150 valence electrons. The average Bonchev–Trinajstić information content (AvgIpc) is 2.52. The summed E-state index contributed by atoms with van der Waals surface area (Å²) in [6.45, 7) is 10.3. The number of ether oxygens (including phenoxy) is 3. The molecule has 6 nitrogen and oxygen atoms in total. The van der Waals surface area contributed by atoms with Crippen LogP contribution in [0.1, 0.15) is 70.7 Å². The second-order valence-corrected chi connectivity index (χ2v) is 8.47. The molecule has 0 saturated carbocycles. The fourth-order valence-electron chi connectivity index (χ4n) is 3.86. The van der Waals surface area contributed by atoms with Crippen molar-refractivity contribution in [1.82, 2.24) is 5.32 Å². The number of carbonyl (C=O) groups is 2. The molecule has 2 rings (SSSR count). The highest BCUT2D eigenvalue weighted by molar-refractivity contribution is 5.89. The van der Waals surface area contributed by atoms with Crippen LogP contribution in [0, 0.1) is 0 Å². The maximum atomic E-state index is 12.7. The molecule has 0 radical (unpaired) electrons. The van der Waals surface area contributed by atoms with Crippen molar-refractivity contribution in [1.29, 1.82) is 0 Å². The first-order valence-corrected chi connectivity index (χ1v) is 9.50. The van der Waals surface area contributed by atoms with Crippen molar-refractivity contribution in [2.24, 2.45) is 0 Å². The van der Waals surface area contributed by atoms with E-state index in [4.69, 9.17) is 14.2 Å². The summed E-state index contributed by atoms with van der Waals surface area (Å²) in [7, 11) is 0. The lowest BCUT2D eigenvalue weighted by atomic mass is 9.78.